The summed E-state index contributed by atoms with van der Waals surface area (Å²) in [5.41, 5.74) is 0. The first-order valence-corrected chi connectivity index (χ1v) is 6.32. The van der Waals surface area contributed by atoms with E-state index in [1.54, 1.807) is 0 Å². The van der Waals surface area contributed by atoms with Crippen LogP contribution in [0.1, 0.15) is 62.1 Å². The molecule has 1 N–H and O–H groups in total. The summed E-state index contributed by atoms with van der Waals surface area (Å²) in [4.78, 5) is 15.2. The second-order valence-electron chi connectivity index (χ2n) is 5.11. The smallest absolute Gasteiger partial charge is 0.307 e. The first-order chi connectivity index (χ1) is 8.25. The van der Waals surface area contributed by atoms with Gasteiger partial charge >= 0.3 is 5.97 Å². The van der Waals surface area contributed by atoms with E-state index in [1.165, 1.54) is 19.3 Å². The normalized spacial score (nSPS) is 29.2. The van der Waals surface area contributed by atoms with Crippen LogP contribution >= 0.6 is 0 Å². The summed E-state index contributed by atoms with van der Waals surface area (Å²) in [7, 11) is 0. The number of aromatic nitrogens is 2. The van der Waals surface area contributed by atoms with Gasteiger partial charge in [0.25, 0.3) is 0 Å². The third-order valence-electron chi connectivity index (χ3n) is 3.85. The second kappa shape index (κ2) is 4.13. The van der Waals surface area contributed by atoms with E-state index in [0.717, 1.165) is 18.7 Å². The summed E-state index contributed by atoms with van der Waals surface area (Å²) >= 11 is 0. The van der Waals surface area contributed by atoms with Crippen LogP contribution in [0, 0.1) is 5.92 Å². The number of hydrogen-bond donors (Lipinski definition) is 1. The van der Waals surface area contributed by atoms with Crippen LogP contribution in [0.25, 0.3) is 0 Å². The topological polar surface area (TPSA) is 76.2 Å². The molecule has 0 saturated heterocycles. The number of carbonyl (C=O) groups is 1. The molecule has 0 aliphatic heterocycles. The molecule has 1 heterocycles. The van der Waals surface area contributed by atoms with Crippen LogP contribution in [0.5, 0.6) is 0 Å². The van der Waals surface area contributed by atoms with Gasteiger partial charge in [-0.3, -0.25) is 4.79 Å². The summed E-state index contributed by atoms with van der Waals surface area (Å²) in [6.45, 7) is 0. The zero-order chi connectivity index (χ0) is 11.8. The van der Waals surface area contributed by atoms with Crippen molar-refractivity contribution in [2.75, 3.05) is 0 Å². The molecule has 2 unspecified atom stereocenters. The van der Waals surface area contributed by atoms with Gasteiger partial charge in [-0.1, -0.05) is 24.4 Å². The van der Waals surface area contributed by atoms with Gasteiger partial charge in [0.2, 0.25) is 5.89 Å². The van der Waals surface area contributed by atoms with Crippen molar-refractivity contribution >= 4 is 5.97 Å². The Morgan fingerprint density at radius 1 is 1.29 bits per heavy atom. The number of aliphatic carboxylic acids is 1. The molecule has 1 aromatic rings. The first kappa shape index (κ1) is 10.7. The molecule has 3 rings (SSSR count). The molecule has 2 saturated carbocycles. The van der Waals surface area contributed by atoms with Crippen LogP contribution in [0.15, 0.2) is 4.52 Å². The maximum absolute atomic E-state index is 10.8. The summed E-state index contributed by atoms with van der Waals surface area (Å²) in [5.74, 6) is 0.622. The number of carboxylic acid groups (broad SMARTS) is 1. The molecular formula is C12H16N2O3. The van der Waals surface area contributed by atoms with E-state index in [2.05, 4.69) is 10.1 Å². The first-order valence-electron chi connectivity index (χ1n) is 6.32. The van der Waals surface area contributed by atoms with Crippen molar-refractivity contribution in [2.45, 2.75) is 50.4 Å². The van der Waals surface area contributed by atoms with E-state index in [1.807, 2.05) is 0 Å². The Hall–Kier alpha value is -1.39. The average molecular weight is 236 g/mol. The zero-order valence-electron chi connectivity index (χ0n) is 9.63. The van der Waals surface area contributed by atoms with Gasteiger partial charge < -0.3 is 9.63 Å². The predicted molar refractivity (Wildman–Crippen MR) is 58.6 cm³/mol. The fraction of sp³-hybridized carbons (Fsp3) is 0.750. The highest BCUT2D eigenvalue weighted by atomic mass is 16.5. The Kier molecular flexibility index (Phi) is 2.61. The molecule has 0 bridgehead atoms. The number of carboxylic acids is 1. The van der Waals surface area contributed by atoms with Crippen molar-refractivity contribution in [3.05, 3.63) is 11.7 Å². The van der Waals surface area contributed by atoms with Gasteiger partial charge in [-0.15, -0.1) is 0 Å². The van der Waals surface area contributed by atoms with E-state index in [4.69, 9.17) is 9.63 Å². The van der Waals surface area contributed by atoms with Crippen LogP contribution in [0.2, 0.25) is 0 Å². The molecule has 17 heavy (non-hydrogen) atoms. The molecule has 5 heteroatoms. The van der Waals surface area contributed by atoms with Crippen molar-refractivity contribution in [3.8, 4) is 0 Å². The summed E-state index contributed by atoms with van der Waals surface area (Å²) in [5, 5.41) is 12.9. The van der Waals surface area contributed by atoms with Gasteiger partial charge in [0.15, 0.2) is 5.82 Å². The van der Waals surface area contributed by atoms with E-state index in [-0.39, 0.29) is 11.8 Å². The largest absolute Gasteiger partial charge is 0.481 e. The minimum absolute atomic E-state index is 0.0441. The van der Waals surface area contributed by atoms with Crippen molar-refractivity contribution in [1.29, 1.82) is 0 Å². The van der Waals surface area contributed by atoms with Crippen molar-refractivity contribution in [2.24, 2.45) is 5.92 Å². The van der Waals surface area contributed by atoms with E-state index >= 15 is 0 Å². The molecule has 5 nitrogen and oxygen atoms in total. The molecule has 0 radical (unpaired) electrons. The highest BCUT2D eigenvalue weighted by molar-refractivity contribution is 5.74. The molecular weight excluding hydrogens is 220 g/mol. The molecule has 1 aromatic heterocycles. The maximum Gasteiger partial charge on any atom is 0.307 e. The van der Waals surface area contributed by atoms with Crippen molar-refractivity contribution in [3.63, 3.8) is 0 Å². The van der Waals surface area contributed by atoms with Crippen LogP contribution in [-0.4, -0.2) is 21.2 Å². The standard InChI is InChI=1S/C12H16N2O3/c15-12(16)9-6-8(9)11-13-10(14-17-11)7-4-2-1-3-5-7/h7-9H,1-6H2,(H,15,16). The molecule has 2 atom stereocenters. The van der Waals surface area contributed by atoms with E-state index in [9.17, 15) is 4.79 Å². The molecule has 2 aliphatic rings. The Morgan fingerprint density at radius 3 is 2.71 bits per heavy atom. The van der Waals surface area contributed by atoms with Crippen LogP contribution in [0.4, 0.5) is 0 Å². The van der Waals surface area contributed by atoms with Crippen LogP contribution in [0.3, 0.4) is 0 Å². The quantitative estimate of drug-likeness (QED) is 0.871. The lowest BCUT2D eigenvalue weighted by Crippen LogP contribution is -2.06. The minimum atomic E-state index is -0.757. The van der Waals surface area contributed by atoms with Gasteiger partial charge in [0.05, 0.1) is 11.8 Å². The molecule has 0 aromatic carbocycles. The lowest BCUT2D eigenvalue weighted by Gasteiger charge is -2.17. The second-order valence-corrected chi connectivity index (χ2v) is 5.11. The fourth-order valence-electron chi connectivity index (χ4n) is 2.67. The molecule has 0 amide bonds. The monoisotopic (exact) mass is 236 g/mol. The molecule has 2 aliphatic carbocycles. The van der Waals surface area contributed by atoms with Gasteiger partial charge in [-0.2, -0.15) is 4.98 Å². The van der Waals surface area contributed by atoms with Gasteiger partial charge in [0.1, 0.15) is 0 Å². The van der Waals surface area contributed by atoms with Gasteiger partial charge in [0, 0.05) is 5.92 Å². The van der Waals surface area contributed by atoms with Crippen LogP contribution < -0.4 is 0 Å². The highest BCUT2D eigenvalue weighted by Gasteiger charge is 2.48. The zero-order valence-corrected chi connectivity index (χ0v) is 9.63. The van der Waals surface area contributed by atoms with E-state index in [0.29, 0.717) is 18.2 Å². The van der Waals surface area contributed by atoms with Crippen molar-refractivity contribution in [1.82, 2.24) is 10.1 Å². The fourth-order valence-corrected chi connectivity index (χ4v) is 2.67. The van der Waals surface area contributed by atoms with Gasteiger partial charge in [-0.25, -0.2) is 0 Å². The lowest BCUT2D eigenvalue weighted by molar-refractivity contribution is -0.138. The van der Waals surface area contributed by atoms with E-state index < -0.39 is 5.97 Å². The average Bonchev–Trinajstić information content (AvgIpc) is 3.01. The molecule has 92 valence electrons. The summed E-state index contributed by atoms with van der Waals surface area (Å²) in [6.07, 6.45) is 6.66. The maximum atomic E-state index is 10.8. The Labute approximate surface area is 99.2 Å². The number of nitrogens with zero attached hydrogens (tertiary/aromatic N) is 2. The van der Waals surface area contributed by atoms with Crippen molar-refractivity contribution < 1.29 is 14.4 Å². The Balaban J connectivity index is 1.68. The molecule has 0 spiro atoms. The Bertz CT molecular complexity index is 423. The predicted octanol–water partition coefficient (Wildman–Crippen LogP) is 2.31. The lowest BCUT2D eigenvalue weighted by atomic mass is 9.89. The van der Waals surface area contributed by atoms with Gasteiger partial charge in [-0.05, 0) is 19.3 Å². The SMILES string of the molecule is O=C(O)C1CC1c1nc(C2CCCCC2)no1. The number of hydrogen-bond acceptors (Lipinski definition) is 4. The third-order valence-corrected chi connectivity index (χ3v) is 3.85. The van der Waals surface area contributed by atoms with Crippen LogP contribution in [-0.2, 0) is 4.79 Å². The summed E-state index contributed by atoms with van der Waals surface area (Å²) < 4.78 is 5.20. The summed E-state index contributed by atoms with van der Waals surface area (Å²) in [6, 6.07) is 0. The highest BCUT2D eigenvalue weighted by Crippen LogP contribution is 2.47. The minimum Gasteiger partial charge on any atom is -0.481 e. The Morgan fingerprint density at radius 2 is 2.06 bits per heavy atom. The number of rotatable bonds is 3. The molecule has 2 fully saturated rings. The third kappa shape index (κ3) is 2.06.